The Hall–Kier alpha value is -3.91. The minimum Gasteiger partial charge on any atom is -0.481 e. The van der Waals surface area contributed by atoms with Crippen molar-refractivity contribution < 1.29 is 38.1 Å². The van der Waals surface area contributed by atoms with Gasteiger partial charge >= 0.3 is 5.97 Å². The third-order valence-electron chi connectivity index (χ3n) is 10.8. The number of alkyl halides is 3. The lowest BCUT2D eigenvalue weighted by atomic mass is 9.82. The van der Waals surface area contributed by atoms with E-state index in [0.29, 0.717) is 59.5 Å². The molecule has 0 aliphatic carbocycles. The fourth-order valence-electron chi connectivity index (χ4n) is 7.74. The van der Waals surface area contributed by atoms with Crippen molar-refractivity contribution in [3.8, 4) is 22.8 Å². The Morgan fingerprint density at radius 2 is 1.74 bits per heavy atom. The van der Waals surface area contributed by atoms with Crippen LogP contribution in [-0.2, 0) is 40.9 Å². The summed E-state index contributed by atoms with van der Waals surface area (Å²) in [6.07, 6.45) is 2.23. The van der Waals surface area contributed by atoms with Crippen molar-refractivity contribution in [2.45, 2.75) is 73.7 Å². The third kappa shape index (κ3) is 14.6. The summed E-state index contributed by atoms with van der Waals surface area (Å²) >= 11 is 13.5. The first kappa shape index (κ1) is 49.1. The number of rotatable bonds is 21. The second-order valence-electron chi connectivity index (χ2n) is 16.3. The van der Waals surface area contributed by atoms with Gasteiger partial charge in [-0.05, 0) is 129 Å². The van der Waals surface area contributed by atoms with Gasteiger partial charge in [0.1, 0.15) is 23.4 Å². The highest BCUT2D eigenvalue weighted by molar-refractivity contribution is 14.1. The van der Waals surface area contributed by atoms with Gasteiger partial charge in [-0.25, -0.2) is 4.98 Å². The number of amides is 2. The Morgan fingerprint density at radius 3 is 2.39 bits per heavy atom. The summed E-state index contributed by atoms with van der Waals surface area (Å²) in [5.74, 6) is -1.16. The molecule has 5 N–H and O–H groups in total. The summed E-state index contributed by atoms with van der Waals surface area (Å²) in [4.78, 5) is 47.6. The molecule has 1 aliphatic rings. The van der Waals surface area contributed by atoms with Crippen molar-refractivity contribution in [3.63, 3.8) is 0 Å². The van der Waals surface area contributed by atoms with Crippen LogP contribution < -0.4 is 20.7 Å². The first-order chi connectivity index (χ1) is 29.3. The first-order valence-corrected chi connectivity index (χ1v) is 22.1. The number of hydrogen-bond donors (Lipinski definition) is 5. The monoisotopic (exact) mass is 1010 g/mol. The van der Waals surface area contributed by atoms with E-state index in [2.05, 4.69) is 30.4 Å². The number of nitrogens with one attached hydrogen (secondary N) is 3. The van der Waals surface area contributed by atoms with Gasteiger partial charge in [-0.15, -0.1) is 0 Å². The number of piperidine rings is 1. The maximum Gasteiger partial charge on any atom is 0.303 e. The normalized spacial score (nSPS) is 17.3. The van der Waals surface area contributed by atoms with E-state index in [1.165, 1.54) is 0 Å². The lowest BCUT2D eigenvalue weighted by Crippen LogP contribution is -2.64. The molecule has 4 atom stereocenters. The number of aliphatic hydroxyl groups excluding tert-OH is 1. The lowest BCUT2D eigenvalue weighted by Gasteiger charge is -2.45. The minimum absolute atomic E-state index is 0.0867. The molecule has 3 aromatic carbocycles. The van der Waals surface area contributed by atoms with Crippen molar-refractivity contribution in [1.82, 2.24) is 35.3 Å². The van der Waals surface area contributed by atoms with E-state index >= 15 is 0 Å². The maximum atomic E-state index is 14.1. The third-order valence-corrected chi connectivity index (χ3v) is 11.7. The number of aromatic nitrogens is 2. The number of benzene rings is 3. The minimum atomic E-state index is -3.09. The second-order valence-corrected chi connectivity index (χ2v) is 18.7. The number of aliphatic carboxylic acids is 1. The summed E-state index contributed by atoms with van der Waals surface area (Å²) in [5, 5.41) is 29.8. The summed E-state index contributed by atoms with van der Waals surface area (Å²) < 4.78 is 33.4. The molecule has 0 spiro atoms. The van der Waals surface area contributed by atoms with Crippen LogP contribution in [0.15, 0.2) is 72.9 Å². The van der Waals surface area contributed by atoms with Crippen LogP contribution in [-0.4, -0.2) is 109 Å². The molecule has 0 bridgehead atoms. The smallest absolute Gasteiger partial charge is 0.303 e. The van der Waals surface area contributed by atoms with Gasteiger partial charge in [0, 0.05) is 60.7 Å². The fourth-order valence-corrected chi connectivity index (χ4v) is 8.65. The van der Waals surface area contributed by atoms with Crippen LogP contribution >= 0.6 is 45.8 Å². The molecule has 13 nitrogen and oxygen atoms in total. The van der Waals surface area contributed by atoms with Crippen molar-refractivity contribution >= 4 is 63.6 Å². The predicted octanol–water partition coefficient (Wildman–Crippen LogP) is 6.91. The zero-order chi connectivity index (χ0) is 45.2. The molecule has 2 amide bonds. The molecular formula is C44H54Cl2F2IN7O6. The highest BCUT2D eigenvalue weighted by Gasteiger charge is 2.40. The number of carboxylic acid groups (broad SMARTS) is 1. The average molecular weight is 1010 g/mol. The predicted molar refractivity (Wildman–Crippen MR) is 244 cm³/mol. The number of carboxylic acids is 1. The topological polar surface area (TPSA) is 161 Å². The Balaban J connectivity index is 1.23. The number of nitrogens with zero attached hydrogens (tertiary/aromatic N) is 4. The van der Waals surface area contributed by atoms with E-state index in [0.717, 1.165) is 45.2 Å². The zero-order valence-electron chi connectivity index (χ0n) is 35.1. The molecule has 1 fully saturated rings. The molecule has 18 heteroatoms. The van der Waals surface area contributed by atoms with Crippen molar-refractivity contribution in [2.75, 3.05) is 40.3 Å². The molecule has 0 saturated carbocycles. The lowest BCUT2D eigenvalue weighted by molar-refractivity contribution is -0.138. The number of carbonyl (C=O) groups is 3. The van der Waals surface area contributed by atoms with E-state index in [9.17, 15) is 33.4 Å². The van der Waals surface area contributed by atoms with Crippen LogP contribution in [0.5, 0.6) is 11.5 Å². The van der Waals surface area contributed by atoms with Crippen molar-refractivity contribution in [1.29, 1.82) is 0 Å². The number of imidazole rings is 1. The largest absolute Gasteiger partial charge is 0.481 e. The highest BCUT2D eigenvalue weighted by Crippen LogP contribution is 2.35. The number of likely N-dealkylation sites (tertiary alicyclic amines) is 1. The van der Waals surface area contributed by atoms with Crippen molar-refractivity contribution in [2.24, 2.45) is 13.0 Å². The van der Waals surface area contributed by atoms with Gasteiger partial charge in [0.2, 0.25) is 11.8 Å². The second kappa shape index (κ2) is 22.1. The van der Waals surface area contributed by atoms with Crippen LogP contribution in [0.3, 0.4) is 0 Å². The summed E-state index contributed by atoms with van der Waals surface area (Å²) in [6.45, 7) is 2.68. The Labute approximate surface area is 384 Å². The van der Waals surface area contributed by atoms with E-state index in [-0.39, 0.29) is 19.6 Å². The molecule has 0 radical (unpaired) electrons. The average Bonchev–Trinajstić information content (AvgIpc) is 3.55. The van der Waals surface area contributed by atoms with Crippen LogP contribution in [0.2, 0.25) is 10.0 Å². The molecule has 4 aromatic rings. The van der Waals surface area contributed by atoms with Gasteiger partial charge in [0.25, 0.3) is 3.93 Å². The van der Waals surface area contributed by atoms with Gasteiger partial charge in [-0.1, -0.05) is 41.4 Å². The first-order valence-electron chi connectivity index (χ1n) is 20.3. The standard InChI is InChI=1S/C44H54Cl2F2IN7O6/c1-28(50-22-32-8-13-34(46)19-38(32)62-35-14-9-31(10-15-35)37-23-51-39(55(37)4)25-54(2)3)41(60)52-36(26-57)42(61)53-43(20-29-6-11-33(45)12-7-29)16-5-17-56(27-43)24-30(18-40(58)59)21-44(47,48)49/h6-15,19,23,28,30,36,50,57H,5,16-18,20-22,24-27H2,1-4H3,(H,52,60)(H,53,61)(H,58,59)/t28-,30-,36-,43+/m0/s1. The van der Waals surface area contributed by atoms with E-state index < -0.39 is 64.7 Å². The van der Waals surface area contributed by atoms with Gasteiger partial charge in [-0.3, -0.25) is 14.4 Å². The van der Waals surface area contributed by atoms with Crippen LogP contribution in [0.4, 0.5) is 8.78 Å². The van der Waals surface area contributed by atoms with Crippen LogP contribution in [0, 0.1) is 5.92 Å². The Kier molecular flexibility index (Phi) is 17.5. The molecule has 1 aliphatic heterocycles. The van der Waals surface area contributed by atoms with Gasteiger partial charge in [0.05, 0.1) is 36.6 Å². The molecule has 5 rings (SSSR count). The summed E-state index contributed by atoms with van der Waals surface area (Å²) in [7, 11) is 5.97. The molecular weight excluding hydrogens is 958 g/mol. The molecule has 1 saturated heterocycles. The van der Waals surface area contributed by atoms with Crippen LogP contribution in [0.25, 0.3) is 11.3 Å². The van der Waals surface area contributed by atoms with E-state index in [4.69, 9.17) is 27.9 Å². The molecule has 2 heterocycles. The Morgan fingerprint density at radius 1 is 1.05 bits per heavy atom. The molecule has 336 valence electrons. The molecule has 62 heavy (non-hydrogen) atoms. The summed E-state index contributed by atoms with van der Waals surface area (Å²) in [5.41, 5.74) is 2.56. The highest BCUT2D eigenvalue weighted by atomic mass is 127. The number of aliphatic hydroxyl groups is 1. The quantitative estimate of drug-likeness (QED) is 0.0439. The Bertz CT molecular complexity index is 2140. The van der Waals surface area contributed by atoms with Gasteiger partial charge in [0.15, 0.2) is 0 Å². The van der Waals surface area contributed by atoms with E-state index in [1.807, 2.05) is 68.6 Å². The molecule has 0 unspecified atom stereocenters. The van der Waals surface area contributed by atoms with Gasteiger partial charge < -0.3 is 45.3 Å². The van der Waals surface area contributed by atoms with Gasteiger partial charge in [-0.2, -0.15) is 8.78 Å². The zero-order valence-corrected chi connectivity index (χ0v) is 38.8. The van der Waals surface area contributed by atoms with Crippen molar-refractivity contribution in [3.05, 3.63) is 99.9 Å². The SMILES string of the molecule is C[C@H](NCc1ccc(Cl)cc1Oc1ccc(-c2cnc(CN(C)C)n2C)cc1)C(=O)N[C@@H](CO)C(=O)N[C@@]1(Cc2ccc(Cl)cc2)CCCN(C[C@@H](CC(=O)O)CC(F)(F)I)C1. The number of halogens is 5. The van der Waals surface area contributed by atoms with Crippen LogP contribution in [0.1, 0.15) is 49.6 Å². The maximum absolute atomic E-state index is 14.1. The fraction of sp³-hybridized carbons (Fsp3) is 0.455. The van der Waals surface area contributed by atoms with E-state index in [1.54, 1.807) is 37.3 Å². The summed E-state index contributed by atoms with van der Waals surface area (Å²) in [6, 6.07) is 17.8. The number of hydrogen-bond acceptors (Lipinski definition) is 9. The molecule has 1 aromatic heterocycles. The number of ether oxygens (including phenoxy) is 1. The number of carbonyl (C=O) groups excluding carboxylic acids is 2.